The lowest BCUT2D eigenvalue weighted by atomic mass is 10.1. The molecule has 1 amide bonds. The van der Waals surface area contributed by atoms with E-state index in [0.717, 1.165) is 12.1 Å². The molecule has 2 aromatic rings. The van der Waals surface area contributed by atoms with Gasteiger partial charge in [0.1, 0.15) is 22.9 Å². The Labute approximate surface area is 131 Å². The van der Waals surface area contributed by atoms with E-state index >= 15 is 0 Å². The normalized spacial score (nSPS) is 11.8. The van der Waals surface area contributed by atoms with Gasteiger partial charge in [-0.25, -0.2) is 8.78 Å². The standard InChI is InChI=1S/C16H14ClF2NO2/c1-22-11-7-5-10(6-8-11)14(9-17)20-16(21)15-12(18)3-2-4-13(15)19/h2-8,14H,9H2,1H3,(H,20,21). The van der Waals surface area contributed by atoms with Crippen LogP contribution in [0.15, 0.2) is 42.5 Å². The van der Waals surface area contributed by atoms with Gasteiger partial charge in [0, 0.05) is 5.88 Å². The first-order chi connectivity index (χ1) is 10.6. The van der Waals surface area contributed by atoms with Crippen LogP contribution in [-0.4, -0.2) is 18.9 Å². The molecule has 0 bridgehead atoms. The molecular weight excluding hydrogens is 312 g/mol. The number of ether oxygens (including phenoxy) is 1. The number of carbonyl (C=O) groups excluding carboxylic acids is 1. The monoisotopic (exact) mass is 325 g/mol. The second-order valence-electron chi connectivity index (χ2n) is 4.55. The van der Waals surface area contributed by atoms with Crippen LogP contribution in [0.2, 0.25) is 0 Å². The summed E-state index contributed by atoms with van der Waals surface area (Å²) in [5, 5.41) is 2.53. The molecule has 0 saturated heterocycles. The summed E-state index contributed by atoms with van der Waals surface area (Å²) in [4.78, 5) is 12.1. The molecule has 3 nitrogen and oxygen atoms in total. The van der Waals surface area contributed by atoms with Crippen LogP contribution in [0.1, 0.15) is 22.0 Å². The van der Waals surface area contributed by atoms with Crippen LogP contribution in [0.3, 0.4) is 0 Å². The topological polar surface area (TPSA) is 38.3 Å². The maximum atomic E-state index is 13.6. The Hall–Kier alpha value is -2.14. The number of rotatable bonds is 5. The Kier molecular flexibility index (Phi) is 5.33. The maximum Gasteiger partial charge on any atom is 0.257 e. The van der Waals surface area contributed by atoms with Crippen molar-refractivity contribution in [1.82, 2.24) is 5.32 Å². The average Bonchev–Trinajstić information content (AvgIpc) is 2.52. The highest BCUT2D eigenvalue weighted by molar-refractivity contribution is 6.18. The van der Waals surface area contributed by atoms with Gasteiger partial charge in [0.2, 0.25) is 0 Å². The second-order valence-corrected chi connectivity index (χ2v) is 4.86. The summed E-state index contributed by atoms with van der Waals surface area (Å²) >= 11 is 5.85. The lowest BCUT2D eigenvalue weighted by Gasteiger charge is -2.17. The van der Waals surface area contributed by atoms with Crippen molar-refractivity contribution in [1.29, 1.82) is 0 Å². The average molecular weight is 326 g/mol. The third kappa shape index (κ3) is 3.54. The first kappa shape index (κ1) is 16.2. The second kappa shape index (κ2) is 7.22. The van der Waals surface area contributed by atoms with Crippen molar-refractivity contribution in [3.8, 4) is 5.75 Å². The van der Waals surface area contributed by atoms with Crippen molar-refractivity contribution < 1.29 is 18.3 Å². The SMILES string of the molecule is COc1ccc(C(CCl)NC(=O)c2c(F)cccc2F)cc1. The summed E-state index contributed by atoms with van der Waals surface area (Å²) in [6, 6.07) is 9.56. The number of hydrogen-bond acceptors (Lipinski definition) is 2. The molecule has 0 fully saturated rings. The molecule has 2 aromatic carbocycles. The summed E-state index contributed by atoms with van der Waals surface area (Å²) in [5.41, 5.74) is 0.0898. The van der Waals surface area contributed by atoms with E-state index in [1.807, 2.05) is 0 Å². The van der Waals surface area contributed by atoms with Gasteiger partial charge in [-0.3, -0.25) is 4.79 Å². The first-order valence-electron chi connectivity index (χ1n) is 6.51. The van der Waals surface area contributed by atoms with Crippen molar-refractivity contribution in [3.05, 3.63) is 65.2 Å². The highest BCUT2D eigenvalue weighted by Crippen LogP contribution is 2.20. The molecule has 2 rings (SSSR count). The predicted molar refractivity (Wildman–Crippen MR) is 80.3 cm³/mol. The Balaban J connectivity index is 2.20. The number of carbonyl (C=O) groups is 1. The third-order valence-electron chi connectivity index (χ3n) is 3.17. The van der Waals surface area contributed by atoms with Gasteiger partial charge in [-0.1, -0.05) is 18.2 Å². The van der Waals surface area contributed by atoms with Crippen molar-refractivity contribution >= 4 is 17.5 Å². The summed E-state index contributed by atoms with van der Waals surface area (Å²) in [5.74, 6) is -1.96. The molecule has 0 saturated carbocycles. The fourth-order valence-electron chi connectivity index (χ4n) is 1.99. The first-order valence-corrected chi connectivity index (χ1v) is 7.05. The largest absolute Gasteiger partial charge is 0.497 e. The molecule has 1 unspecified atom stereocenters. The smallest absolute Gasteiger partial charge is 0.257 e. The van der Waals surface area contributed by atoms with E-state index in [4.69, 9.17) is 16.3 Å². The zero-order valence-corrected chi connectivity index (χ0v) is 12.5. The quantitative estimate of drug-likeness (QED) is 0.852. The van der Waals surface area contributed by atoms with Crippen LogP contribution >= 0.6 is 11.6 Å². The number of alkyl halides is 1. The molecule has 0 aliphatic rings. The number of hydrogen-bond donors (Lipinski definition) is 1. The van der Waals surface area contributed by atoms with Crippen LogP contribution < -0.4 is 10.1 Å². The minimum atomic E-state index is -0.916. The molecule has 1 atom stereocenters. The van der Waals surface area contributed by atoms with Gasteiger partial charge in [0.25, 0.3) is 5.91 Å². The molecule has 0 heterocycles. The van der Waals surface area contributed by atoms with Crippen LogP contribution in [0.4, 0.5) is 8.78 Å². The van der Waals surface area contributed by atoms with Crippen molar-refractivity contribution in [2.24, 2.45) is 0 Å². The minimum absolute atomic E-state index is 0.0636. The van der Waals surface area contributed by atoms with Gasteiger partial charge in [-0.05, 0) is 29.8 Å². The molecular formula is C16H14ClF2NO2. The van der Waals surface area contributed by atoms with E-state index in [0.29, 0.717) is 11.3 Å². The van der Waals surface area contributed by atoms with Crippen LogP contribution in [0.25, 0.3) is 0 Å². The van der Waals surface area contributed by atoms with Gasteiger partial charge in [0.15, 0.2) is 0 Å². The zero-order valence-electron chi connectivity index (χ0n) is 11.8. The van der Waals surface area contributed by atoms with Crippen LogP contribution in [-0.2, 0) is 0 Å². The van der Waals surface area contributed by atoms with E-state index in [9.17, 15) is 13.6 Å². The van der Waals surface area contributed by atoms with E-state index in [-0.39, 0.29) is 5.88 Å². The molecule has 22 heavy (non-hydrogen) atoms. The van der Waals surface area contributed by atoms with Gasteiger partial charge >= 0.3 is 0 Å². The van der Waals surface area contributed by atoms with E-state index < -0.39 is 29.1 Å². The molecule has 0 radical (unpaired) electrons. The Morgan fingerprint density at radius 1 is 1.18 bits per heavy atom. The number of benzene rings is 2. The fourth-order valence-corrected chi connectivity index (χ4v) is 2.25. The van der Waals surface area contributed by atoms with Gasteiger partial charge < -0.3 is 10.1 Å². The maximum absolute atomic E-state index is 13.6. The molecule has 116 valence electrons. The summed E-state index contributed by atoms with van der Waals surface area (Å²) in [7, 11) is 1.54. The Bertz CT molecular complexity index is 641. The van der Waals surface area contributed by atoms with Gasteiger partial charge in [0.05, 0.1) is 13.2 Å². The molecule has 6 heteroatoms. The van der Waals surface area contributed by atoms with Gasteiger partial charge in [-0.2, -0.15) is 0 Å². The molecule has 1 N–H and O–H groups in total. The lowest BCUT2D eigenvalue weighted by molar-refractivity contribution is 0.0932. The van der Waals surface area contributed by atoms with E-state index in [1.165, 1.54) is 13.2 Å². The predicted octanol–water partition coefficient (Wildman–Crippen LogP) is 3.68. The highest BCUT2D eigenvalue weighted by Gasteiger charge is 2.20. The summed E-state index contributed by atoms with van der Waals surface area (Å²) < 4.78 is 32.3. The Morgan fingerprint density at radius 3 is 2.27 bits per heavy atom. The van der Waals surface area contributed by atoms with E-state index in [1.54, 1.807) is 24.3 Å². The molecule has 0 aliphatic heterocycles. The van der Waals surface area contributed by atoms with Crippen LogP contribution in [0, 0.1) is 11.6 Å². The van der Waals surface area contributed by atoms with Gasteiger partial charge in [-0.15, -0.1) is 11.6 Å². The number of nitrogens with one attached hydrogen (secondary N) is 1. The van der Waals surface area contributed by atoms with E-state index in [2.05, 4.69) is 5.32 Å². The minimum Gasteiger partial charge on any atom is -0.497 e. The fraction of sp³-hybridized carbons (Fsp3) is 0.188. The lowest BCUT2D eigenvalue weighted by Crippen LogP contribution is -2.31. The number of amides is 1. The summed E-state index contributed by atoms with van der Waals surface area (Å²) in [6.45, 7) is 0. The van der Waals surface area contributed by atoms with Crippen molar-refractivity contribution in [3.63, 3.8) is 0 Å². The summed E-state index contributed by atoms with van der Waals surface area (Å²) in [6.07, 6.45) is 0. The number of methoxy groups -OCH3 is 1. The zero-order chi connectivity index (χ0) is 16.1. The molecule has 0 spiro atoms. The number of halogens is 3. The van der Waals surface area contributed by atoms with Crippen molar-refractivity contribution in [2.75, 3.05) is 13.0 Å². The highest BCUT2D eigenvalue weighted by atomic mass is 35.5. The Morgan fingerprint density at radius 2 is 1.77 bits per heavy atom. The van der Waals surface area contributed by atoms with Crippen LogP contribution in [0.5, 0.6) is 5.75 Å². The molecule has 0 aliphatic carbocycles. The molecule has 0 aromatic heterocycles. The third-order valence-corrected chi connectivity index (χ3v) is 3.48. The van der Waals surface area contributed by atoms with Crippen molar-refractivity contribution in [2.45, 2.75) is 6.04 Å².